The smallest absolute Gasteiger partial charge is 0.231 e. The van der Waals surface area contributed by atoms with Crippen molar-refractivity contribution >= 4 is 29.4 Å². The summed E-state index contributed by atoms with van der Waals surface area (Å²) in [5, 5.41) is 3.86. The zero-order valence-corrected chi connectivity index (χ0v) is 19.5. The number of hydrogen-bond donors (Lipinski definition) is 2. The fourth-order valence-corrected chi connectivity index (χ4v) is 4.76. The standard InChI is InChI=1S/C23H31ClN4O3/c1-12-6-18-15(8-16(12)24)17(9-23(4,5)31-18)26-20(30)14-7-13(14)11-28-19(29)10-22(2,3)27-21(28)25/h6,8,13-14,17H,7,9-11H2,1-5H3,(H2,25,27)(H,26,30)/t13?,14?,17-/m0/s1. The average Bonchev–Trinajstić information content (AvgIpc) is 3.38. The van der Waals surface area contributed by atoms with Crippen LogP contribution in [0.2, 0.25) is 5.02 Å². The predicted octanol–water partition coefficient (Wildman–Crippen LogP) is 3.33. The molecule has 0 spiro atoms. The van der Waals surface area contributed by atoms with Gasteiger partial charge in [0.15, 0.2) is 5.96 Å². The Balaban J connectivity index is 1.43. The number of ether oxygens (including phenoxy) is 1. The van der Waals surface area contributed by atoms with Crippen LogP contribution in [0.4, 0.5) is 0 Å². The van der Waals surface area contributed by atoms with Crippen molar-refractivity contribution in [3.05, 3.63) is 28.3 Å². The van der Waals surface area contributed by atoms with E-state index in [1.165, 1.54) is 4.90 Å². The number of fused-ring (bicyclic) bond motifs is 1. The summed E-state index contributed by atoms with van der Waals surface area (Å²) >= 11 is 6.34. The van der Waals surface area contributed by atoms with Gasteiger partial charge in [0.05, 0.1) is 18.0 Å². The first kappa shape index (κ1) is 21.9. The zero-order chi connectivity index (χ0) is 22.7. The highest BCUT2D eigenvalue weighted by Crippen LogP contribution is 2.44. The SMILES string of the molecule is Cc1cc2c(cc1Cl)[C@@H](NC(=O)C1CC1CN1C(=O)CC(C)(C)N=C1N)CC(C)(C)O2. The Labute approximate surface area is 188 Å². The van der Waals surface area contributed by atoms with Gasteiger partial charge in [-0.2, -0.15) is 0 Å². The average molecular weight is 447 g/mol. The number of amides is 2. The van der Waals surface area contributed by atoms with Crippen LogP contribution in [-0.4, -0.2) is 40.4 Å². The number of halogens is 1. The minimum Gasteiger partial charge on any atom is -0.487 e. The van der Waals surface area contributed by atoms with Gasteiger partial charge in [0, 0.05) is 29.5 Å². The predicted molar refractivity (Wildman–Crippen MR) is 120 cm³/mol. The lowest BCUT2D eigenvalue weighted by Crippen LogP contribution is -2.50. The number of hydrogen-bond acceptors (Lipinski definition) is 5. The first-order valence-corrected chi connectivity index (χ1v) is 11.2. The van der Waals surface area contributed by atoms with E-state index in [-0.39, 0.29) is 35.7 Å². The van der Waals surface area contributed by atoms with Gasteiger partial charge in [-0.25, -0.2) is 4.99 Å². The van der Waals surface area contributed by atoms with Crippen molar-refractivity contribution < 1.29 is 14.3 Å². The zero-order valence-electron chi connectivity index (χ0n) is 18.8. The van der Waals surface area contributed by atoms with E-state index in [1.54, 1.807) is 0 Å². The van der Waals surface area contributed by atoms with Crippen LogP contribution >= 0.6 is 11.6 Å². The molecule has 1 saturated carbocycles. The number of rotatable bonds is 4. The summed E-state index contributed by atoms with van der Waals surface area (Å²) in [6.45, 7) is 10.2. The van der Waals surface area contributed by atoms with Gasteiger partial charge in [-0.15, -0.1) is 0 Å². The minimum atomic E-state index is -0.471. The molecule has 2 heterocycles. The van der Waals surface area contributed by atoms with Crippen LogP contribution in [0, 0.1) is 18.8 Å². The van der Waals surface area contributed by atoms with Gasteiger partial charge >= 0.3 is 0 Å². The van der Waals surface area contributed by atoms with Crippen LogP contribution in [-0.2, 0) is 9.59 Å². The number of benzene rings is 1. The Morgan fingerprint density at radius 1 is 1.35 bits per heavy atom. The van der Waals surface area contributed by atoms with E-state index < -0.39 is 11.1 Å². The van der Waals surface area contributed by atoms with Crippen LogP contribution in [0.1, 0.15) is 64.1 Å². The summed E-state index contributed by atoms with van der Waals surface area (Å²) in [6.07, 6.45) is 1.72. The fraction of sp³-hybridized carbons (Fsp3) is 0.609. The number of carbonyl (C=O) groups excluding carboxylic acids is 2. The molecule has 3 aliphatic rings. The van der Waals surface area contributed by atoms with Crippen molar-refractivity contribution in [2.45, 2.75) is 71.1 Å². The molecule has 31 heavy (non-hydrogen) atoms. The lowest BCUT2D eigenvalue weighted by Gasteiger charge is -2.38. The number of carbonyl (C=O) groups is 2. The lowest BCUT2D eigenvalue weighted by atomic mass is 9.89. The highest BCUT2D eigenvalue weighted by Gasteiger charge is 2.47. The molecule has 7 nitrogen and oxygen atoms in total. The number of nitrogens with zero attached hydrogens (tertiary/aromatic N) is 2. The summed E-state index contributed by atoms with van der Waals surface area (Å²) in [6, 6.07) is 3.65. The van der Waals surface area contributed by atoms with E-state index in [0.29, 0.717) is 24.4 Å². The second-order valence-corrected chi connectivity index (χ2v) is 10.7. The Morgan fingerprint density at radius 3 is 2.74 bits per heavy atom. The van der Waals surface area contributed by atoms with Gasteiger partial charge < -0.3 is 15.8 Å². The monoisotopic (exact) mass is 446 g/mol. The molecular weight excluding hydrogens is 416 g/mol. The largest absolute Gasteiger partial charge is 0.487 e. The summed E-state index contributed by atoms with van der Waals surface area (Å²) in [4.78, 5) is 31.4. The highest BCUT2D eigenvalue weighted by atomic mass is 35.5. The molecule has 3 atom stereocenters. The Kier molecular flexibility index (Phi) is 5.23. The normalized spacial score (nSPS) is 28.3. The highest BCUT2D eigenvalue weighted by molar-refractivity contribution is 6.31. The van der Waals surface area contributed by atoms with E-state index in [1.807, 2.05) is 46.8 Å². The number of nitrogens with two attached hydrogens (primary N) is 1. The maximum absolute atomic E-state index is 13.0. The molecule has 4 rings (SSSR count). The Morgan fingerprint density at radius 2 is 2.06 bits per heavy atom. The quantitative estimate of drug-likeness (QED) is 0.741. The van der Waals surface area contributed by atoms with Crippen molar-refractivity contribution in [2.75, 3.05) is 6.54 Å². The maximum Gasteiger partial charge on any atom is 0.231 e. The molecule has 0 aromatic heterocycles. The Bertz CT molecular complexity index is 972. The first-order valence-electron chi connectivity index (χ1n) is 10.8. The lowest BCUT2D eigenvalue weighted by molar-refractivity contribution is -0.130. The first-order chi connectivity index (χ1) is 14.3. The van der Waals surface area contributed by atoms with Gasteiger partial charge in [0.2, 0.25) is 11.8 Å². The second kappa shape index (κ2) is 7.40. The van der Waals surface area contributed by atoms with E-state index in [0.717, 1.165) is 23.3 Å². The van der Waals surface area contributed by atoms with Crippen molar-refractivity contribution in [3.63, 3.8) is 0 Å². The molecule has 8 heteroatoms. The summed E-state index contributed by atoms with van der Waals surface area (Å²) in [5.41, 5.74) is 7.01. The number of aliphatic imine (C=N–C) groups is 1. The molecule has 0 radical (unpaired) electrons. The van der Waals surface area contributed by atoms with Crippen LogP contribution in [0.5, 0.6) is 5.75 Å². The molecule has 2 unspecified atom stereocenters. The second-order valence-electron chi connectivity index (χ2n) is 10.3. The molecule has 0 saturated heterocycles. The molecule has 1 aromatic carbocycles. The van der Waals surface area contributed by atoms with E-state index in [4.69, 9.17) is 22.1 Å². The van der Waals surface area contributed by atoms with Crippen LogP contribution in [0.3, 0.4) is 0 Å². The molecule has 168 valence electrons. The van der Waals surface area contributed by atoms with Crippen molar-refractivity contribution in [1.29, 1.82) is 0 Å². The molecule has 2 amide bonds. The van der Waals surface area contributed by atoms with Gasteiger partial charge in [-0.3, -0.25) is 14.5 Å². The van der Waals surface area contributed by atoms with Crippen molar-refractivity contribution in [1.82, 2.24) is 10.2 Å². The van der Waals surface area contributed by atoms with E-state index in [2.05, 4.69) is 10.3 Å². The fourth-order valence-electron chi connectivity index (χ4n) is 4.58. The van der Waals surface area contributed by atoms with Crippen molar-refractivity contribution in [2.24, 2.45) is 22.6 Å². The van der Waals surface area contributed by atoms with Gasteiger partial charge in [-0.05, 0) is 64.7 Å². The molecule has 2 aliphatic heterocycles. The molecule has 3 N–H and O–H groups in total. The number of nitrogens with one attached hydrogen (secondary N) is 1. The number of aryl methyl sites for hydroxylation is 1. The van der Waals surface area contributed by atoms with Crippen LogP contribution < -0.4 is 15.8 Å². The number of guanidine groups is 1. The van der Waals surface area contributed by atoms with Gasteiger partial charge in [0.25, 0.3) is 0 Å². The Hall–Kier alpha value is -2.28. The van der Waals surface area contributed by atoms with E-state index in [9.17, 15) is 9.59 Å². The maximum atomic E-state index is 13.0. The molecule has 1 fully saturated rings. The molecule has 1 aliphatic carbocycles. The third-order valence-corrected chi connectivity index (χ3v) is 6.73. The van der Waals surface area contributed by atoms with Crippen molar-refractivity contribution in [3.8, 4) is 5.75 Å². The van der Waals surface area contributed by atoms with Gasteiger partial charge in [0.1, 0.15) is 11.4 Å². The third-order valence-electron chi connectivity index (χ3n) is 6.32. The topological polar surface area (TPSA) is 97.0 Å². The molecular formula is C23H31ClN4O3. The third kappa shape index (κ3) is 4.52. The summed E-state index contributed by atoms with van der Waals surface area (Å²) in [5.74, 6) is 0.932. The van der Waals surface area contributed by atoms with Crippen LogP contribution in [0.15, 0.2) is 17.1 Å². The summed E-state index contributed by atoms with van der Waals surface area (Å²) < 4.78 is 6.12. The van der Waals surface area contributed by atoms with Gasteiger partial charge in [-0.1, -0.05) is 11.6 Å². The molecule has 0 bridgehead atoms. The molecule has 1 aromatic rings. The van der Waals surface area contributed by atoms with Crippen LogP contribution in [0.25, 0.3) is 0 Å². The minimum absolute atomic E-state index is 0.00403. The summed E-state index contributed by atoms with van der Waals surface area (Å²) in [7, 11) is 0. The van der Waals surface area contributed by atoms with E-state index >= 15 is 0 Å².